The molecule has 1 aliphatic carbocycles. The predicted molar refractivity (Wildman–Crippen MR) is 93.5 cm³/mol. The Labute approximate surface area is 139 Å². The molecule has 1 saturated heterocycles. The Morgan fingerprint density at radius 1 is 1.26 bits per heavy atom. The molecule has 1 fully saturated rings. The van der Waals surface area contributed by atoms with Gasteiger partial charge in [-0.15, -0.1) is 0 Å². The lowest BCUT2D eigenvalue weighted by Gasteiger charge is -2.32. The van der Waals surface area contributed by atoms with E-state index in [4.69, 9.17) is 0 Å². The lowest BCUT2D eigenvalue weighted by atomic mass is 9.85. The summed E-state index contributed by atoms with van der Waals surface area (Å²) >= 11 is 0. The SMILES string of the molecule is CCCCN1CCC(CC2=Cc3ccccc3C2C(=O)O)CC1. The zero-order valence-electron chi connectivity index (χ0n) is 14.0. The fourth-order valence-electron chi connectivity index (χ4n) is 3.99. The number of unbranched alkanes of at least 4 members (excludes halogenated alkanes) is 1. The number of hydrogen-bond donors (Lipinski definition) is 1. The third-order valence-electron chi connectivity index (χ3n) is 5.33. The third-order valence-corrected chi connectivity index (χ3v) is 5.33. The van der Waals surface area contributed by atoms with E-state index in [1.807, 2.05) is 24.3 Å². The van der Waals surface area contributed by atoms with E-state index in [9.17, 15) is 9.90 Å². The van der Waals surface area contributed by atoms with Gasteiger partial charge in [0.2, 0.25) is 0 Å². The molecule has 124 valence electrons. The number of carboxylic acid groups (broad SMARTS) is 1. The van der Waals surface area contributed by atoms with Gasteiger partial charge in [0.1, 0.15) is 5.92 Å². The maximum Gasteiger partial charge on any atom is 0.315 e. The second-order valence-corrected chi connectivity index (χ2v) is 6.96. The zero-order chi connectivity index (χ0) is 16.2. The van der Waals surface area contributed by atoms with Gasteiger partial charge in [-0.05, 0) is 62.4 Å². The highest BCUT2D eigenvalue weighted by Gasteiger charge is 2.32. The normalized spacial score (nSPS) is 22.0. The average molecular weight is 313 g/mol. The number of fused-ring (bicyclic) bond motifs is 1. The first-order chi connectivity index (χ1) is 11.2. The average Bonchev–Trinajstić information content (AvgIpc) is 2.92. The standard InChI is InChI=1S/C20H27NO2/c1-2-3-10-21-11-8-15(9-12-21)13-17-14-16-6-4-5-7-18(16)19(17)20(22)23/h4-7,14-15,19H,2-3,8-13H2,1H3,(H,22,23). The monoisotopic (exact) mass is 313 g/mol. The van der Waals surface area contributed by atoms with Crippen molar-refractivity contribution in [2.24, 2.45) is 5.92 Å². The quantitative estimate of drug-likeness (QED) is 0.857. The minimum Gasteiger partial charge on any atom is -0.481 e. The number of aliphatic carboxylic acids is 1. The van der Waals surface area contributed by atoms with Gasteiger partial charge < -0.3 is 10.0 Å². The van der Waals surface area contributed by atoms with Gasteiger partial charge >= 0.3 is 5.97 Å². The molecular formula is C20H27NO2. The van der Waals surface area contributed by atoms with Crippen molar-refractivity contribution in [2.45, 2.75) is 44.9 Å². The number of likely N-dealkylation sites (tertiary alicyclic amines) is 1. The number of rotatable bonds is 6. The molecule has 0 aromatic heterocycles. The van der Waals surface area contributed by atoms with Crippen LogP contribution < -0.4 is 0 Å². The largest absolute Gasteiger partial charge is 0.481 e. The van der Waals surface area contributed by atoms with Gasteiger partial charge in [0.25, 0.3) is 0 Å². The van der Waals surface area contributed by atoms with Crippen molar-refractivity contribution >= 4 is 12.0 Å². The van der Waals surface area contributed by atoms with Crippen LogP contribution in [0.1, 0.15) is 56.1 Å². The molecule has 1 aromatic rings. The van der Waals surface area contributed by atoms with Crippen LogP contribution in [-0.4, -0.2) is 35.6 Å². The number of carbonyl (C=O) groups is 1. The molecule has 1 aliphatic heterocycles. The van der Waals surface area contributed by atoms with Crippen molar-refractivity contribution in [3.05, 3.63) is 41.0 Å². The highest BCUT2D eigenvalue weighted by molar-refractivity contribution is 5.87. The van der Waals surface area contributed by atoms with Crippen molar-refractivity contribution in [2.75, 3.05) is 19.6 Å². The van der Waals surface area contributed by atoms with Crippen LogP contribution in [0.5, 0.6) is 0 Å². The lowest BCUT2D eigenvalue weighted by molar-refractivity contribution is -0.137. The molecule has 0 spiro atoms. The Balaban J connectivity index is 1.62. The van der Waals surface area contributed by atoms with E-state index in [1.54, 1.807) is 0 Å². The summed E-state index contributed by atoms with van der Waals surface area (Å²) in [5.74, 6) is -0.499. The number of hydrogen-bond acceptors (Lipinski definition) is 2. The molecule has 3 rings (SSSR count). The molecule has 1 heterocycles. The van der Waals surface area contributed by atoms with Gasteiger partial charge in [-0.2, -0.15) is 0 Å². The van der Waals surface area contributed by atoms with Crippen LogP contribution in [0.25, 0.3) is 6.08 Å². The molecule has 3 nitrogen and oxygen atoms in total. The van der Waals surface area contributed by atoms with Gasteiger partial charge in [0.05, 0.1) is 0 Å². The van der Waals surface area contributed by atoms with Gasteiger partial charge in [-0.1, -0.05) is 49.3 Å². The Kier molecular flexibility index (Phi) is 5.16. The summed E-state index contributed by atoms with van der Waals surface area (Å²) in [6.07, 6.45) is 8.00. The van der Waals surface area contributed by atoms with E-state index in [-0.39, 0.29) is 0 Å². The topological polar surface area (TPSA) is 40.5 Å². The Morgan fingerprint density at radius 3 is 2.70 bits per heavy atom. The number of piperidine rings is 1. The molecule has 0 bridgehead atoms. The van der Waals surface area contributed by atoms with Gasteiger partial charge in [0, 0.05) is 0 Å². The van der Waals surface area contributed by atoms with Crippen LogP contribution in [0, 0.1) is 5.92 Å². The maximum atomic E-state index is 11.7. The number of nitrogens with zero attached hydrogens (tertiary/aromatic N) is 1. The Hall–Kier alpha value is -1.61. The van der Waals surface area contributed by atoms with Crippen molar-refractivity contribution in [1.29, 1.82) is 0 Å². The first-order valence-corrected chi connectivity index (χ1v) is 8.93. The Morgan fingerprint density at radius 2 is 2.00 bits per heavy atom. The Bertz CT molecular complexity index is 585. The fourth-order valence-corrected chi connectivity index (χ4v) is 3.99. The molecular weight excluding hydrogens is 286 g/mol. The van der Waals surface area contributed by atoms with Gasteiger partial charge in [-0.25, -0.2) is 0 Å². The van der Waals surface area contributed by atoms with Crippen LogP contribution in [0.4, 0.5) is 0 Å². The molecule has 0 radical (unpaired) electrons. The van der Waals surface area contributed by atoms with Crippen LogP contribution in [0.15, 0.2) is 29.8 Å². The smallest absolute Gasteiger partial charge is 0.315 e. The van der Waals surface area contributed by atoms with E-state index in [0.717, 1.165) is 23.1 Å². The summed E-state index contributed by atoms with van der Waals surface area (Å²) in [5, 5.41) is 9.65. The van der Waals surface area contributed by atoms with Crippen molar-refractivity contribution in [1.82, 2.24) is 4.90 Å². The summed E-state index contributed by atoms with van der Waals surface area (Å²) in [5.41, 5.74) is 3.16. The van der Waals surface area contributed by atoms with Crippen LogP contribution in [-0.2, 0) is 4.79 Å². The van der Waals surface area contributed by atoms with Crippen LogP contribution in [0.3, 0.4) is 0 Å². The van der Waals surface area contributed by atoms with Crippen LogP contribution >= 0.6 is 0 Å². The fraction of sp³-hybridized carbons (Fsp3) is 0.550. The van der Waals surface area contributed by atoms with E-state index in [2.05, 4.69) is 17.9 Å². The van der Waals surface area contributed by atoms with Gasteiger partial charge in [-0.3, -0.25) is 4.79 Å². The first-order valence-electron chi connectivity index (χ1n) is 8.93. The number of carboxylic acids is 1. The van der Waals surface area contributed by atoms with Crippen molar-refractivity contribution in [3.8, 4) is 0 Å². The molecule has 2 aliphatic rings. The summed E-state index contributed by atoms with van der Waals surface area (Å²) in [6.45, 7) is 5.80. The van der Waals surface area contributed by atoms with Crippen molar-refractivity contribution in [3.63, 3.8) is 0 Å². The maximum absolute atomic E-state index is 11.7. The van der Waals surface area contributed by atoms with Crippen LogP contribution in [0.2, 0.25) is 0 Å². The second-order valence-electron chi connectivity index (χ2n) is 6.96. The highest BCUT2D eigenvalue weighted by Crippen LogP contribution is 2.40. The molecule has 1 atom stereocenters. The highest BCUT2D eigenvalue weighted by atomic mass is 16.4. The molecule has 0 saturated carbocycles. The molecule has 23 heavy (non-hydrogen) atoms. The molecule has 1 N–H and O–H groups in total. The lowest BCUT2D eigenvalue weighted by Crippen LogP contribution is -2.34. The molecule has 3 heteroatoms. The number of benzene rings is 1. The summed E-state index contributed by atoms with van der Waals surface area (Å²) in [7, 11) is 0. The van der Waals surface area contributed by atoms with E-state index < -0.39 is 11.9 Å². The summed E-state index contributed by atoms with van der Waals surface area (Å²) in [6, 6.07) is 7.93. The first kappa shape index (κ1) is 16.3. The third kappa shape index (κ3) is 3.66. The minimum absolute atomic E-state index is 0.427. The van der Waals surface area contributed by atoms with Crippen molar-refractivity contribution < 1.29 is 9.90 Å². The van der Waals surface area contributed by atoms with E-state index in [1.165, 1.54) is 45.3 Å². The van der Waals surface area contributed by atoms with Gasteiger partial charge in [0.15, 0.2) is 0 Å². The molecule has 1 unspecified atom stereocenters. The molecule has 0 amide bonds. The minimum atomic E-state index is -0.707. The van der Waals surface area contributed by atoms with E-state index in [0.29, 0.717) is 5.92 Å². The predicted octanol–water partition coefficient (Wildman–Crippen LogP) is 4.15. The molecule has 1 aromatic carbocycles. The zero-order valence-corrected chi connectivity index (χ0v) is 14.0. The van der Waals surface area contributed by atoms with E-state index >= 15 is 0 Å². The summed E-state index contributed by atoms with van der Waals surface area (Å²) in [4.78, 5) is 14.3. The second kappa shape index (κ2) is 7.31. The summed E-state index contributed by atoms with van der Waals surface area (Å²) < 4.78 is 0.